The average Bonchev–Trinajstić information content (AvgIpc) is 3.21. The Morgan fingerprint density at radius 1 is 1.20 bits per heavy atom. The average molecular weight is 378 g/mol. The second-order valence-electron chi connectivity index (χ2n) is 5.87. The maximum Gasteiger partial charge on any atom is 0.250 e. The van der Waals surface area contributed by atoms with E-state index in [0.29, 0.717) is 0 Å². The largest absolute Gasteiger partial charge is 0.324 e. The molecule has 25 heavy (non-hydrogen) atoms. The molecule has 7 nitrogen and oxygen atoms in total. The fraction of sp³-hybridized carbons (Fsp3) is 0.250. The molecule has 9 heteroatoms. The molecule has 2 heterocycles. The summed E-state index contributed by atoms with van der Waals surface area (Å²) in [6, 6.07) is 9.61. The number of imidazole rings is 1. The molecule has 1 amide bonds. The molecule has 3 rings (SSSR count). The number of aromatic nitrogens is 2. The lowest BCUT2D eigenvalue weighted by atomic mass is 10.1. The first-order valence-corrected chi connectivity index (χ1v) is 10.0. The molecule has 0 aliphatic heterocycles. The van der Waals surface area contributed by atoms with Crippen molar-refractivity contribution in [2.24, 2.45) is 5.92 Å². The normalized spacial score (nSPS) is 13.2. The van der Waals surface area contributed by atoms with E-state index >= 15 is 0 Å². The number of carbonyl (C=O) groups is 1. The van der Waals surface area contributed by atoms with Crippen LogP contribution in [0.5, 0.6) is 0 Å². The van der Waals surface area contributed by atoms with E-state index in [9.17, 15) is 13.2 Å². The molecule has 132 valence electrons. The van der Waals surface area contributed by atoms with Crippen LogP contribution >= 0.6 is 11.3 Å². The van der Waals surface area contributed by atoms with E-state index in [2.05, 4.69) is 20.0 Å². The number of amides is 1. The van der Waals surface area contributed by atoms with Crippen LogP contribution in [0.25, 0.3) is 11.0 Å². The Labute approximate surface area is 149 Å². The Morgan fingerprint density at radius 2 is 1.96 bits per heavy atom. The van der Waals surface area contributed by atoms with E-state index in [-0.39, 0.29) is 16.1 Å². The van der Waals surface area contributed by atoms with Gasteiger partial charge in [-0.25, -0.2) is 13.4 Å². The molecule has 0 fully saturated rings. The van der Waals surface area contributed by atoms with Crippen LogP contribution in [0.4, 0.5) is 5.95 Å². The van der Waals surface area contributed by atoms with Crippen LogP contribution in [0.15, 0.2) is 46.0 Å². The maximum absolute atomic E-state index is 12.6. The lowest BCUT2D eigenvalue weighted by molar-refractivity contribution is -0.118. The number of fused-ring (bicyclic) bond motifs is 1. The van der Waals surface area contributed by atoms with Gasteiger partial charge in [0.05, 0.1) is 11.0 Å². The second kappa shape index (κ2) is 6.95. The Balaban J connectivity index is 1.79. The Hall–Kier alpha value is -2.23. The highest BCUT2D eigenvalue weighted by molar-refractivity contribution is 7.91. The van der Waals surface area contributed by atoms with Crippen LogP contribution in [0.1, 0.15) is 13.8 Å². The smallest absolute Gasteiger partial charge is 0.250 e. The Morgan fingerprint density at radius 3 is 2.60 bits per heavy atom. The molecule has 0 spiro atoms. The second-order valence-corrected chi connectivity index (χ2v) is 8.76. The topological polar surface area (TPSA) is 104 Å². The minimum absolute atomic E-state index is 0.176. The van der Waals surface area contributed by atoms with Gasteiger partial charge in [0.1, 0.15) is 10.3 Å². The standard InChI is InChI=1S/C16H18N4O3S2/c1-10(2)14(20-25(22,23)13-8-5-9-24-13)15(21)19-16-17-11-6-3-4-7-12(11)18-16/h3-10,14,20H,1-2H3,(H2,17,18,19,21)/t14-/m0/s1. The molecule has 0 saturated carbocycles. The van der Waals surface area contributed by atoms with E-state index in [1.165, 1.54) is 6.07 Å². The van der Waals surface area contributed by atoms with Crippen molar-refractivity contribution < 1.29 is 13.2 Å². The summed E-state index contributed by atoms with van der Waals surface area (Å²) in [5, 5.41) is 4.33. The number of benzene rings is 1. The molecule has 0 radical (unpaired) electrons. The lowest BCUT2D eigenvalue weighted by Gasteiger charge is -2.20. The maximum atomic E-state index is 12.6. The van der Waals surface area contributed by atoms with E-state index in [1.807, 2.05) is 24.3 Å². The minimum atomic E-state index is -3.75. The first-order valence-electron chi connectivity index (χ1n) is 7.68. The molecule has 1 aromatic carbocycles. The molecule has 0 aliphatic rings. The molecule has 0 saturated heterocycles. The summed E-state index contributed by atoms with van der Waals surface area (Å²) in [4.78, 5) is 19.9. The summed E-state index contributed by atoms with van der Waals surface area (Å²) in [6.45, 7) is 3.56. The first kappa shape index (κ1) is 17.6. The molecular weight excluding hydrogens is 360 g/mol. The summed E-state index contributed by atoms with van der Waals surface area (Å²) in [5.41, 5.74) is 1.51. The summed E-state index contributed by atoms with van der Waals surface area (Å²) in [7, 11) is -3.75. The van der Waals surface area contributed by atoms with Gasteiger partial charge in [0.15, 0.2) is 0 Å². The van der Waals surface area contributed by atoms with Crippen molar-refractivity contribution in [1.29, 1.82) is 0 Å². The van der Waals surface area contributed by atoms with Crippen molar-refractivity contribution in [2.75, 3.05) is 5.32 Å². The third-order valence-electron chi connectivity index (χ3n) is 3.62. The number of sulfonamides is 1. The molecule has 2 aromatic heterocycles. The number of H-pyrrole nitrogens is 1. The highest BCUT2D eigenvalue weighted by Crippen LogP contribution is 2.18. The molecule has 3 aromatic rings. The molecule has 0 aliphatic carbocycles. The Kier molecular flexibility index (Phi) is 4.89. The number of aromatic amines is 1. The van der Waals surface area contributed by atoms with E-state index in [4.69, 9.17) is 0 Å². The van der Waals surface area contributed by atoms with Crippen molar-refractivity contribution in [1.82, 2.24) is 14.7 Å². The van der Waals surface area contributed by atoms with Crippen molar-refractivity contribution >= 4 is 44.2 Å². The van der Waals surface area contributed by atoms with Crippen molar-refractivity contribution in [3.63, 3.8) is 0 Å². The quantitative estimate of drug-likeness (QED) is 0.613. The number of nitrogens with zero attached hydrogens (tertiary/aromatic N) is 1. The van der Waals surface area contributed by atoms with Gasteiger partial charge in [-0.05, 0) is 29.5 Å². The van der Waals surface area contributed by atoms with E-state index in [1.54, 1.807) is 25.3 Å². The van der Waals surface area contributed by atoms with Gasteiger partial charge in [0, 0.05) is 0 Å². The van der Waals surface area contributed by atoms with Crippen molar-refractivity contribution in [3.8, 4) is 0 Å². The number of nitrogens with one attached hydrogen (secondary N) is 3. The zero-order chi connectivity index (χ0) is 18.0. The molecular formula is C16H18N4O3S2. The van der Waals surface area contributed by atoms with Gasteiger partial charge in [-0.2, -0.15) is 4.72 Å². The number of thiophene rings is 1. The van der Waals surface area contributed by atoms with Crippen LogP contribution in [0, 0.1) is 5.92 Å². The number of carbonyl (C=O) groups excluding carboxylic acids is 1. The van der Waals surface area contributed by atoms with Crippen LogP contribution in [0.2, 0.25) is 0 Å². The number of anilines is 1. The van der Waals surface area contributed by atoms with Gasteiger partial charge in [0.2, 0.25) is 11.9 Å². The summed E-state index contributed by atoms with van der Waals surface area (Å²) in [6.07, 6.45) is 0. The highest BCUT2D eigenvalue weighted by Gasteiger charge is 2.29. The summed E-state index contributed by atoms with van der Waals surface area (Å²) >= 11 is 1.10. The lowest BCUT2D eigenvalue weighted by Crippen LogP contribution is -2.46. The number of para-hydroxylation sites is 2. The molecule has 3 N–H and O–H groups in total. The number of hydrogen-bond donors (Lipinski definition) is 3. The predicted octanol–water partition coefficient (Wildman–Crippen LogP) is 2.57. The first-order chi connectivity index (χ1) is 11.9. The van der Waals surface area contributed by atoms with Crippen LogP contribution < -0.4 is 10.0 Å². The van der Waals surface area contributed by atoms with Crippen molar-refractivity contribution in [2.45, 2.75) is 24.1 Å². The van der Waals surface area contributed by atoms with E-state index in [0.717, 1.165) is 22.4 Å². The highest BCUT2D eigenvalue weighted by atomic mass is 32.2. The van der Waals surface area contributed by atoms with Crippen LogP contribution in [-0.2, 0) is 14.8 Å². The van der Waals surface area contributed by atoms with Gasteiger partial charge in [-0.3, -0.25) is 10.1 Å². The SMILES string of the molecule is CC(C)[C@H](NS(=O)(=O)c1cccs1)C(=O)Nc1nc2ccccc2[nH]1. The minimum Gasteiger partial charge on any atom is -0.324 e. The monoisotopic (exact) mass is 378 g/mol. The molecule has 1 atom stereocenters. The predicted molar refractivity (Wildman–Crippen MR) is 98.0 cm³/mol. The van der Waals surface area contributed by atoms with Gasteiger partial charge < -0.3 is 4.98 Å². The fourth-order valence-electron chi connectivity index (χ4n) is 2.34. The van der Waals surface area contributed by atoms with Gasteiger partial charge >= 0.3 is 0 Å². The molecule has 0 unspecified atom stereocenters. The zero-order valence-corrected chi connectivity index (χ0v) is 15.3. The fourth-order valence-corrected chi connectivity index (χ4v) is 4.69. The number of rotatable bonds is 6. The van der Waals surface area contributed by atoms with Gasteiger partial charge in [-0.15, -0.1) is 11.3 Å². The van der Waals surface area contributed by atoms with Crippen LogP contribution in [0.3, 0.4) is 0 Å². The third-order valence-corrected chi connectivity index (χ3v) is 6.46. The number of hydrogen-bond acceptors (Lipinski definition) is 5. The van der Waals surface area contributed by atoms with Gasteiger partial charge in [-0.1, -0.05) is 32.0 Å². The molecule has 0 bridgehead atoms. The Bertz CT molecular complexity index is 945. The summed E-state index contributed by atoms with van der Waals surface area (Å²) in [5.74, 6) is -0.416. The van der Waals surface area contributed by atoms with Crippen LogP contribution in [-0.4, -0.2) is 30.3 Å². The third kappa shape index (κ3) is 3.89. The van der Waals surface area contributed by atoms with Crippen molar-refractivity contribution in [3.05, 3.63) is 41.8 Å². The van der Waals surface area contributed by atoms with Gasteiger partial charge in [0.25, 0.3) is 10.0 Å². The zero-order valence-electron chi connectivity index (χ0n) is 13.7. The summed E-state index contributed by atoms with van der Waals surface area (Å²) < 4.78 is 27.5. The van der Waals surface area contributed by atoms with E-state index < -0.39 is 22.0 Å².